The summed E-state index contributed by atoms with van der Waals surface area (Å²) in [4.78, 5) is 5.13. The van der Waals surface area contributed by atoms with E-state index in [9.17, 15) is 0 Å². The first-order valence-electron chi connectivity index (χ1n) is 14.3. The van der Waals surface area contributed by atoms with Crippen molar-refractivity contribution in [2.45, 2.75) is 19.5 Å². The van der Waals surface area contributed by atoms with Crippen LogP contribution >= 0.6 is 0 Å². The van der Waals surface area contributed by atoms with Gasteiger partial charge in [0.25, 0.3) is 0 Å². The van der Waals surface area contributed by atoms with Gasteiger partial charge in [-0.25, -0.2) is 0 Å². The molecule has 6 bridgehead atoms. The van der Waals surface area contributed by atoms with Crippen molar-refractivity contribution < 1.29 is 0 Å². The molecule has 0 atom stereocenters. The molecule has 8 heteroatoms. The van der Waals surface area contributed by atoms with Gasteiger partial charge in [-0.05, 0) is 54.9 Å². The van der Waals surface area contributed by atoms with Gasteiger partial charge in [-0.1, -0.05) is 24.3 Å². The molecular weight excluding hydrogens is 460 g/mol. The van der Waals surface area contributed by atoms with Gasteiger partial charge in [-0.2, -0.15) is 0 Å². The molecular formula is C29H48N8. The molecule has 3 aliphatic heterocycles. The molecule has 0 spiro atoms. The van der Waals surface area contributed by atoms with Crippen LogP contribution in [0, 0.1) is 0 Å². The highest BCUT2D eigenvalue weighted by Gasteiger charge is 2.11. The SMILES string of the molecule is c1cc2cc(c1)NCCNCCCNCCNc1cccc(c1)CN1CCNCCN(CCNCC1)C2. The predicted molar refractivity (Wildman–Crippen MR) is 157 cm³/mol. The number of hydrogen-bond donors (Lipinski definition) is 6. The topological polar surface area (TPSA) is 78.7 Å². The van der Waals surface area contributed by atoms with Crippen LogP contribution in [-0.2, 0) is 13.1 Å². The molecule has 1 saturated heterocycles. The lowest BCUT2D eigenvalue weighted by Crippen LogP contribution is -2.42. The van der Waals surface area contributed by atoms with Gasteiger partial charge >= 0.3 is 0 Å². The maximum atomic E-state index is 3.69. The Kier molecular flexibility index (Phi) is 12.5. The zero-order valence-electron chi connectivity index (χ0n) is 22.5. The molecule has 8 nitrogen and oxygen atoms in total. The molecule has 0 amide bonds. The summed E-state index contributed by atoms with van der Waals surface area (Å²) in [5.41, 5.74) is 5.18. The Balaban J connectivity index is 1.37. The molecule has 204 valence electrons. The quantitative estimate of drug-likeness (QED) is 0.320. The van der Waals surface area contributed by atoms with Gasteiger partial charge in [-0.3, -0.25) is 9.80 Å². The summed E-state index contributed by atoms with van der Waals surface area (Å²) in [6.45, 7) is 16.2. The summed E-state index contributed by atoms with van der Waals surface area (Å²) in [5, 5.41) is 21.7. The second-order valence-corrected chi connectivity index (χ2v) is 10.2. The van der Waals surface area contributed by atoms with Crippen LogP contribution in [0.3, 0.4) is 0 Å². The summed E-state index contributed by atoms with van der Waals surface area (Å²) in [6.07, 6.45) is 1.14. The van der Waals surface area contributed by atoms with Gasteiger partial charge in [0.1, 0.15) is 0 Å². The van der Waals surface area contributed by atoms with Crippen molar-refractivity contribution in [2.24, 2.45) is 0 Å². The van der Waals surface area contributed by atoms with Crippen LogP contribution in [0.2, 0.25) is 0 Å². The monoisotopic (exact) mass is 508 g/mol. The molecule has 37 heavy (non-hydrogen) atoms. The Morgan fingerprint density at radius 2 is 0.892 bits per heavy atom. The van der Waals surface area contributed by atoms with Crippen molar-refractivity contribution in [2.75, 3.05) is 102 Å². The number of anilines is 2. The van der Waals surface area contributed by atoms with Crippen LogP contribution in [0.4, 0.5) is 11.4 Å². The summed E-state index contributed by atoms with van der Waals surface area (Å²) in [5.74, 6) is 0. The summed E-state index contributed by atoms with van der Waals surface area (Å²) < 4.78 is 0. The summed E-state index contributed by atoms with van der Waals surface area (Å²) in [6, 6.07) is 17.8. The van der Waals surface area contributed by atoms with Gasteiger partial charge in [-0.15, -0.1) is 0 Å². The average Bonchev–Trinajstić information content (AvgIpc) is 2.90. The van der Waals surface area contributed by atoms with E-state index in [1.54, 1.807) is 0 Å². The highest BCUT2D eigenvalue weighted by atomic mass is 15.2. The van der Waals surface area contributed by atoms with Crippen LogP contribution in [0.5, 0.6) is 0 Å². The highest BCUT2D eigenvalue weighted by molar-refractivity contribution is 5.46. The number of rotatable bonds is 0. The third-order valence-electron chi connectivity index (χ3n) is 7.05. The maximum Gasteiger partial charge on any atom is 0.0343 e. The van der Waals surface area contributed by atoms with E-state index >= 15 is 0 Å². The summed E-state index contributed by atoms with van der Waals surface area (Å²) >= 11 is 0. The smallest absolute Gasteiger partial charge is 0.0343 e. The van der Waals surface area contributed by atoms with Crippen molar-refractivity contribution in [3.63, 3.8) is 0 Å². The summed E-state index contributed by atoms with van der Waals surface area (Å²) in [7, 11) is 0. The molecule has 1 fully saturated rings. The lowest BCUT2D eigenvalue weighted by molar-refractivity contribution is 0.233. The van der Waals surface area contributed by atoms with Crippen molar-refractivity contribution in [3.8, 4) is 0 Å². The molecule has 0 aliphatic carbocycles. The minimum Gasteiger partial charge on any atom is -0.384 e. The molecule has 6 N–H and O–H groups in total. The Bertz CT molecular complexity index is 808. The largest absolute Gasteiger partial charge is 0.384 e. The number of fused-ring (bicyclic) bond motifs is 18. The van der Waals surface area contributed by atoms with E-state index in [0.29, 0.717) is 0 Å². The Labute approximate surface area is 223 Å². The third-order valence-corrected chi connectivity index (χ3v) is 7.05. The molecule has 0 radical (unpaired) electrons. The Morgan fingerprint density at radius 1 is 0.459 bits per heavy atom. The van der Waals surface area contributed by atoms with Gasteiger partial charge in [0.05, 0.1) is 0 Å². The Morgan fingerprint density at radius 3 is 1.35 bits per heavy atom. The van der Waals surface area contributed by atoms with Crippen molar-refractivity contribution in [1.29, 1.82) is 0 Å². The fraction of sp³-hybridized carbons (Fsp3) is 0.586. The van der Waals surface area contributed by atoms with Crippen LogP contribution in [-0.4, -0.2) is 101 Å². The van der Waals surface area contributed by atoms with E-state index in [1.165, 1.54) is 22.5 Å². The van der Waals surface area contributed by atoms with E-state index in [2.05, 4.69) is 90.2 Å². The molecule has 3 heterocycles. The molecule has 5 rings (SSSR count). The number of hydrogen-bond acceptors (Lipinski definition) is 8. The normalized spacial score (nSPS) is 24.0. The molecule has 0 unspecified atom stereocenters. The van der Waals surface area contributed by atoms with Gasteiger partial charge in [0.2, 0.25) is 0 Å². The minimum atomic E-state index is 0.939. The van der Waals surface area contributed by atoms with Gasteiger partial charge in [0, 0.05) is 103 Å². The average molecular weight is 509 g/mol. The first-order chi connectivity index (χ1) is 18.3. The minimum absolute atomic E-state index is 0.939. The first-order valence-corrected chi connectivity index (χ1v) is 14.3. The Hall–Kier alpha value is -2.20. The van der Waals surface area contributed by atoms with E-state index in [4.69, 9.17) is 0 Å². The number of benzene rings is 2. The fourth-order valence-corrected chi connectivity index (χ4v) is 4.99. The van der Waals surface area contributed by atoms with Crippen molar-refractivity contribution >= 4 is 11.4 Å². The predicted octanol–water partition coefficient (Wildman–Crippen LogP) is 1.59. The number of nitrogens with one attached hydrogen (secondary N) is 6. The maximum absolute atomic E-state index is 3.69. The second kappa shape index (κ2) is 16.6. The first kappa shape index (κ1) is 27.8. The van der Waals surface area contributed by atoms with Crippen molar-refractivity contribution in [3.05, 3.63) is 59.7 Å². The molecule has 2 aromatic carbocycles. The van der Waals surface area contributed by atoms with Crippen molar-refractivity contribution in [1.82, 2.24) is 31.1 Å². The standard InChI is InChI=1S/C29H48N8/c1-4-26-22-28(6-1)34-12-10-30-8-3-9-31-11-13-35-29-7-2-5-27(23-29)25-37-20-16-32-14-18-36(24-26)19-15-33-17-21-37/h1-2,4-7,22-23,30-35H,3,8-21,24-25H2. The second-order valence-electron chi connectivity index (χ2n) is 10.2. The van der Waals surface area contributed by atoms with Crippen LogP contribution in [0.15, 0.2) is 48.5 Å². The van der Waals surface area contributed by atoms with E-state index in [1.807, 2.05) is 0 Å². The fourth-order valence-electron chi connectivity index (χ4n) is 4.99. The highest BCUT2D eigenvalue weighted by Crippen LogP contribution is 2.14. The molecule has 0 aromatic heterocycles. The van der Waals surface area contributed by atoms with Gasteiger partial charge < -0.3 is 31.9 Å². The molecule has 3 aliphatic rings. The van der Waals surface area contributed by atoms with Crippen LogP contribution in [0.1, 0.15) is 17.5 Å². The third kappa shape index (κ3) is 11.0. The van der Waals surface area contributed by atoms with E-state index in [-0.39, 0.29) is 0 Å². The zero-order valence-corrected chi connectivity index (χ0v) is 22.5. The molecule has 2 aromatic rings. The number of nitrogens with zero attached hydrogens (tertiary/aromatic N) is 2. The lowest BCUT2D eigenvalue weighted by Gasteiger charge is -2.27. The zero-order chi connectivity index (χ0) is 25.4. The van der Waals surface area contributed by atoms with Crippen LogP contribution in [0.25, 0.3) is 0 Å². The van der Waals surface area contributed by atoms with Gasteiger partial charge in [0.15, 0.2) is 0 Å². The van der Waals surface area contributed by atoms with E-state index < -0.39 is 0 Å². The van der Waals surface area contributed by atoms with Crippen LogP contribution < -0.4 is 31.9 Å². The molecule has 0 saturated carbocycles. The lowest BCUT2D eigenvalue weighted by atomic mass is 10.1. The van der Waals surface area contributed by atoms with E-state index in [0.717, 1.165) is 111 Å².